The third kappa shape index (κ3) is 5.15. The molecular weight excluding hydrogens is 408 g/mol. The summed E-state index contributed by atoms with van der Waals surface area (Å²) in [6, 6.07) is 29.9. The number of benzene rings is 3. The van der Waals surface area contributed by atoms with E-state index in [4.69, 9.17) is 4.74 Å². The van der Waals surface area contributed by atoms with Gasteiger partial charge in [-0.25, -0.2) is 4.79 Å². The fraction of sp³-hybridized carbons (Fsp3) is 0.167. The number of esters is 1. The number of carbonyl (C=O) groups excluding carboxylic acids is 1. The minimum absolute atomic E-state index is 0.127. The number of allylic oxidation sites excluding steroid dienone is 4. The molecule has 0 aliphatic heterocycles. The highest BCUT2D eigenvalue weighted by atomic mass is 16.6. The molecule has 3 heteroatoms. The molecule has 1 aliphatic rings. The quantitative estimate of drug-likeness (QED) is 0.350. The van der Waals surface area contributed by atoms with Crippen LogP contribution in [0.2, 0.25) is 0 Å². The molecule has 1 N–H and O–H groups in total. The second-order valence-electron chi connectivity index (χ2n) is 9.07. The Bertz CT molecular complexity index is 1210. The van der Waals surface area contributed by atoms with Crippen molar-refractivity contribution in [3.63, 3.8) is 0 Å². The van der Waals surface area contributed by atoms with Crippen LogP contribution in [0.1, 0.15) is 43.4 Å². The Morgan fingerprint density at radius 1 is 0.818 bits per heavy atom. The number of ether oxygens (including phenoxy) is 1. The average molecular weight is 437 g/mol. The maximum Gasteiger partial charge on any atom is 0.331 e. The van der Waals surface area contributed by atoms with Crippen LogP contribution in [0, 0.1) is 0 Å². The standard InChI is InChI=1S/C30H28O3/c1-30(2,3)33-26(32)20-24-19-25(31)28(22-15-9-5-10-16-22)29(23-17-11-6-12-18-23)27(24)21-13-7-4-8-14-21/h4-20,27,31H,1-3H3. The van der Waals surface area contributed by atoms with Gasteiger partial charge in [0.25, 0.3) is 0 Å². The van der Waals surface area contributed by atoms with Gasteiger partial charge < -0.3 is 9.84 Å². The molecule has 0 radical (unpaired) electrons. The summed E-state index contributed by atoms with van der Waals surface area (Å²) in [5.41, 5.74) is 4.72. The number of carbonyl (C=O) groups is 1. The van der Waals surface area contributed by atoms with E-state index in [1.807, 2.05) is 99.6 Å². The molecule has 3 aromatic carbocycles. The summed E-state index contributed by atoms with van der Waals surface area (Å²) >= 11 is 0. The molecule has 33 heavy (non-hydrogen) atoms. The Kier molecular flexibility index (Phi) is 6.32. The summed E-state index contributed by atoms with van der Waals surface area (Å²) in [5.74, 6) is -0.563. The van der Waals surface area contributed by atoms with Crippen LogP contribution < -0.4 is 0 Å². The van der Waals surface area contributed by atoms with Crippen molar-refractivity contribution in [3.05, 3.63) is 131 Å². The summed E-state index contributed by atoms with van der Waals surface area (Å²) in [5, 5.41) is 11.2. The number of hydrogen-bond donors (Lipinski definition) is 1. The van der Waals surface area contributed by atoms with Gasteiger partial charge in [0.2, 0.25) is 0 Å². The maximum absolute atomic E-state index is 12.8. The van der Waals surface area contributed by atoms with E-state index >= 15 is 0 Å². The first-order valence-corrected chi connectivity index (χ1v) is 11.1. The van der Waals surface area contributed by atoms with Crippen LogP contribution in [0.3, 0.4) is 0 Å². The van der Waals surface area contributed by atoms with Gasteiger partial charge in [0.15, 0.2) is 0 Å². The Morgan fingerprint density at radius 2 is 1.33 bits per heavy atom. The van der Waals surface area contributed by atoms with Gasteiger partial charge in [-0.3, -0.25) is 0 Å². The molecule has 3 nitrogen and oxygen atoms in total. The molecule has 0 heterocycles. The first kappa shape index (κ1) is 22.3. The minimum Gasteiger partial charge on any atom is -0.507 e. The van der Waals surface area contributed by atoms with Gasteiger partial charge in [0, 0.05) is 17.6 Å². The lowest BCUT2D eigenvalue weighted by molar-refractivity contribution is -0.148. The summed E-state index contributed by atoms with van der Waals surface area (Å²) in [6.45, 7) is 5.53. The molecule has 1 unspecified atom stereocenters. The monoisotopic (exact) mass is 436 g/mol. The number of aliphatic hydroxyl groups excluding tert-OH is 1. The maximum atomic E-state index is 12.8. The van der Waals surface area contributed by atoms with Crippen LogP contribution in [-0.2, 0) is 9.53 Å². The van der Waals surface area contributed by atoms with E-state index in [-0.39, 0.29) is 11.7 Å². The van der Waals surface area contributed by atoms with E-state index in [9.17, 15) is 9.90 Å². The Hall–Kier alpha value is -3.85. The van der Waals surface area contributed by atoms with Gasteiger partial charge in [-0.05, 0) is 54.7 Å². The lowest BCUT2D eigenvalue weighted by Crippen LogP contribution is -2.23. The molecule has 0 fully saturated rings. The highest BCUT2D eigenvalue weighted by molar-refractivity contribution is 6.03. The smallest absolute Gasteiger partial charge is 0.331 e. The van der Waals surface area contributed by atoms with Gasteiger partial charge in [-0.2, -0.15) is 0 Å². The third-order valence-corrected chi connectivity index (χ3v) is 5.42. The summed E-state index contributed by atoms with van der Waals surface area (Å²) in [7, 11) is 0. The first-order valence-electron chi connectivity index (χ1n) is 11.1. The second-order valence-corrected chi connectivity index (χ2v) is 9.07. The van der Waals surface area contributed by atoms with E-state index in [1.165, 1.54) is 6.08 Å². The van der Waals surface area contributed by atoms with Crippen molar-refractivity contribution < 1.29 is 14.6 Å². The molecule has 0 aromatic heterocycles. The zero-order valence-corrected chi connectivity index (χ0v) is 19.2. The largest absolute Gasteiger partial charge is 0.507 e. The molecule has 166 valence electrons. The van der Waals surface area contributed by atoms with Crippen molar-refractivity contribution in [3.8, 4) is 0 Å². The van der Waals surface area contributed by atoms with Crippen LogP contribution in [0.25, 0.3) is 11.1 Å². The topological polar surface area (TPSA) is 46.5 Å². The van der Waals surface area contributed by atoms with E-state index in [2.05, 4.69) is 12.1 Å². The first-order chi connectivity index (χ1) is 15.8. The van der Waals surface area contributed by atoms with Crippen molar-refractivity contribution in [2.24, 2.45) is 0 Å². The van der Waals surface area contributed by atoms with Gasteiger partial charge in [-0.15, -0.1) is 0 Å². The van der Waals surface area contributed by atoms with E-state index in [0.29, 0.717) is 5.57 Å². The number of aliphatic hydroxyl groups is 1. The summed E-state index contributed by atoms with van der Waals surface area (Å²) in [6.07, 6.45) is 3.19. The molecule has 0 spiro atoms. The normalized spacial score (nSPS) is 17.6. The van der Waals surface area contributed by atoms with Crippen LogP contribution in [0.4, 0.5) is 0 Å². The molecule has 0 saturated heterocycles. The lowest BCUT2D eigenvalue weighted by Gasteiger charge is -2.30. The van der Waals surface area contributed by atoms with Crippen molar-refractivity contribution in [2.75, 3.05) is 0 Å². The van der Waals surface area contributed by atoms with Gasteiger partial charge in [-0.1, -0.05) is 91.0 Å². The van der Waals surface area contributed by atoms with Crippen molar-refractivity contribution >= 4 is 17.1 Å². The van der Waals surface area contributed by atoms with Gasteiger partial charge in [0.05, 0.1) is 0 Å². The highest BCUT2D eigenvalue weighted by Gasteiger charge is 2.32. The Balaban J connectivity index is 1.98. The average Bonchev–Trinajstić information content (AvgIpc) is 2.79. The van der Waals surface area contributed by atoms with Crippen LogP contribution in [0.5, 0.6) is 0 Å². The zero-order chi connectivity index (χ0) is 23.4. The van der Waals surface area contributed by atoms with Crippen molar-refractivity contribution in [1.29, 1.82) is 0 Å². The molecular formula is C30H28O3. The van der Waals surface area contributed by atoms with Gasteiger partial charge >= 0.3 is 5.97 Å². The summed E-state index contributed by atoms with van der Waals surface area (Å²) in [4.78, 5) is 12.8. The van der Waals surface area contributed by atoms with Crippen LogP contribution in [-0.4, -0.2) is 16.7 Å². The van der Waals surface area contributed by atoms with Crippen molar-refractivity contribution in [1.82, 2.24) is 0 Å². The Morgan fingerprint density at radius 3 is 1.88 bits per heavy atom. The fourth-order valence-corrected chi connectivity index (χ4v) is 4.20. The van der Waals surface area contributed by atoms with Gasteiger partial charge in [0.1, 0.15) is 11.4 Å². The minimum atomic E-state index is -0.607. The molecule has 0 bridgehead atoms. The third-order valence-electron chi connectivity index (χ3n) is 5.42. The predicted molar refractivity (Wildman–Crippen MR) is 134 cm³/mol. The van der Waals surface area contributed by atoms with Crippen molar-refractivity contribution in [2.45, 2.75) is 32.3 Å². The zero-order valence-electron chi connectivity index (χ0n) is 19.2. The molecule has 1 aliphatic carbocycles. The highest BCUT2D eigenvalue weighted by Crippen LogP contribution is 2.48. The van der Waals surface area contributed by atoms with E-state index < -0.39 is 11.6 Å². The number of rotatable bonds is 4. The summed E-state index contributed by atoms with van der Waals surface area (Å²) < 4.78 is 5.57. The van der Waals surface area contributed by atoms with E-state index in [1.54, 1.807) is 6.08 Å². The molecule has 0 amide bonds. The second kappa shape index (κ2) is 9.33. The SMILES string of the molecule is CC(C)(C)OC(=O)C=C1C=C(O)C(c2ccccc2)=C(c2ccccc2)C1c1ccccc1. The fourth-order valence-electron chi connectivity index (χ4n) is 4.20. The molecule has 0 saturated carbocycles. The molecule has 3 aromatic rings. The molecule has 4 rings (SSSR count). The Labute approximate surface area is 195 Å². The molecule has 1 atom stereocenters. The van der Waals surface area contributed by atoms with E-state index in [0.717, 1.165) is 27.8 Å². The number of hydrogen-bond acceptors (Lipinski definition) is 3. The van der Waals surface area contributed by atoms with Crippen LogP contribution >= 0.6 is 0 Å². The predicted octanol–water partition coefficient (Wildman–Crippen LogP) is 7.10. The van der Waals surface area contributed by atoms with Crippen LogP contribution in [0.15, 0.2) is 114 Å². The lowest BCUT2D eigenvalue weighted by atomic mass is 9.73.